The van der Waals surface area contributed by atoms with Crippen molar-refractivity contribution >= 4 is 29.4 Å². The van der Waals surface area contributed by atoms with Crippen LogP contribution in [0.4, 0.5) is 0 Å². The van der Waals surface area contributed by atoms with Gasteiger partial charge < -0.3 is 21.3 Å². The molecule has 0 aromatic carbocycles. The molecule has 5 fully saturated rings. The van der Waals surface area contributed by atoms with Crippen LogP contribution >= 0.6 is 0 Å². The lowest BCUT2D eigenvalue weighted by Gasteiger charge is -2.34. The highest BCUT2D eigenvalue weighted by Crippen LogP contribution is 2.65. The zero-order valence-corrected chi connectivity index (χ0v) is 19.3. The first-order valence-corrected chi connectivity index (χ1v) is 12.3. The van der Waals surface area contributed by atoms with Gasteiger partial charge in [-0.3, -0.25) is 24.0 Å². The summed E-state index contributed by atoms with van der Waals surface area (Å²) in [5.41, 5.74) is 5.15. The minimum absolute atomic E-state index is 0.00653. The lowest BCUT2D eigenvalue weighted by molar-refractivity contribution is -0.145. The number of likely N-dealkylation sites (tertiary alicyclic amines) is 1. The van der Waals surface area contributed by atoms with Gasteiger partial charge in [0.25, 0.3) is 5.91 Å². The molecule has 9 heteroatoms. The number of primary amides is 1. The van der Waals surface area contributed by atoms with E-state index in [1.165, 1.54) is 0 Å². The number of ketones is 1. The lowest BCUT2D eigenvalue weighted by atomic mass is 9.98. The molecule has 4 N–H and O–H groups in total. The summed E-state index contributed by atoms with van der Waals surface area (Å²) < 4.78 is 0. The summed E-state index contributed by atoms with van der Waals surface area (Å²) >= 11 is 0. The van der Waals surface area contributed by atoms with E-state index in [2.05, 4.69) is 24.5 Å². The summed E-state index contributed by atoms with van der Waals surface area (Å²) in [6.07, 6.45) is 5.83. The average molecular weight is 459 g/mol. The smallest absolute Gasteiger partial charge is 0.287 e. The number of nitrogens with one attached hydrogen (secondary N) is 2. The predicted molar refractivity (Wildman–Crippen MR) is 117 cm³/mol. The van der Waals surface area contributed by atoms with Gasteiger partial charge in [0.1, 0.15) is 12.1 Å². The molecule has 5 aliphatic rings. The fraction of sp³-hybridized carbons (Fsp3) is 0.792. The molecular weight excluding hydrogens is 424 g/mol. The molecule has 0 radical (unpaired) electrons. The molecule has 0 spiro atoms. The normalized spacial score (nSPS) is 31.2. The number of nitrogens with two attached hydrogens (primary N) is 1. The SMILES string of the molecule is CC1(C)[C@@H]2[C@@H](C(=O)NC(CC3CC3)C(=O)C(N)=O)N(C(=O)[C@@H](NC(=O)C3CC3)C3CC3)C[C@@H]21. The van der Waals surface area contributed by atoms with Crippen LogP contribution in [0.15, 0.2) is 0 Å². The molecule has 4 saturated carbocycles. The number of nitrogens with zero attached hydrogens (tertiary/aromatic N) is 1. The van der Waals surface area contributed by atoms with E-state index in [-0.39, 0.29) is 40.9 Å². The second kappa shape index (κ2) is 7.81. The number of amides is 4. The van der Waals surface area contributed by atoms with Crippen LogP contribution in [-0.2, 0) is 24.0 Å². The third kappa shape index (κ3) is 4.26. The number of hydrogen-bond acceptors (Lipinski definition) is 5. The molecule has 5 atom stereocenters. The Bertz CT molecular complexity index is 905. The van der Waals surface area contributed by atoms with Crippen LogP contribution < -0.4 is 16.4 Å². The highest BCUT2D eigenvalue weighted by molar-refractivity contribution is 6.37. The van der Waals surface area contributed by atoms with Crippen LogP contribution in [0.5, 0.6) is 0 Å². The van der Waals surface area contributed by atoms with E-state index < -0.39 is 35.7 Å². The number of piperidine rings is 1. The maximum absolute atomic E-state index is 13.6. The van der Waals surface area contributed by atoms with Crippen molar-refractivity contribution in [1.82, 2.24) is 15.5 Å². The second-order valence-electron chi connectivity index (χ2n) is 11.5. The molecule has 0 bridgehead atoms. The molecule has 4 amide bonds. The molecule has 1 unspecified atom stereocenters. The summed E-state index contributed by atoms with van der Waals surface area (Å²) in [6, 6.07) is -2.25. The number of carbonyl (C=O) groups excluding carboxylic acids is 5. The third-order valence-electron chi connectivity index (χ3n) is 8.51. The van der Waals surface area contributed by atoms with Gasteiger partial charge in [0.05, 0.1) is 6.04 Å². The first kappa shape index (κ1) is 22.3. The van der Waals surface area contributed by atoms with Crippen molar-refractivity contribution in [2.24, 2.45) is 40.7 Å². The van der Waals surface area contributed by atoms with Crippen molar-refractivity contribution in [3.63, 3.8) is 0 Å². The Hall–Kier alpha value is -2.45. The Morgan fingerprint density at radius 1 is 0.970 bits per heavy atom. The molecule has 9 nitrogen and oxygen atoms in total. The van der Waals surface area contributed by atoms with Crippen LogP contribution in [0.2, 0.25) is 0 Å². The van der Waals surface area contributed by atoms with Crippen LogP contribution in [0, 0.1) is 35.0 Å². The second-order valence-corrected chi connectivity index (χ2v) is 11.5. The molecule has 4 aliphatic carbocycles. The largest absolute Gasteiger partial charge is 0.363 e. The summed E-state index contributed by atoms with van der Waals surface area (Å²) in [5.74, 6) is -1.88. The molecule has 33 heavy (non-hydrogen) atoms. The van der Waals surface area contributed by atoms with Gasteiger partial charge in [-0.15, -0.1) is 0 Å². The number of hydrogen-bond donors (Lipinski definition) is 3. The maximum Gasteiger partial charge on any atom is 0.287 e. The van der Waals surface area contributed by atoms with E-state index >= 15 is 0 Å². The van der Waals surface area contributed by atoms with Crippen LogP contribution in [-0.4, -0.2) is 59.0 Å². The van der Waals surface area contributed by atoms with E-state index in [9.17, 15) is 24.0 Å². The van der Waals surface area contributed by atoms with Gasteiger partial charge in [0, 0.05) is 12.5 Å². The van der Waals surface area contributed by atoms with Gasteiger partial charge in [-0.05, 0) is 61.2 Å². The fourth-order valence-corrected chi connectivity index (χ4v) is 5.77. The van der Waals surface area contributed by atoms with E-state index in [0.29, 0.717) is 18.9 Å². The summed E-state index contributed by atoms with van der Waals surface area (Å²) in [7, 11) is 0. The summed E-state index contributed by atoms with van der Waals surface area (Å²) in [6.45, 7) is 4.65. The monoisotopic (exact) mass is 458 g/mol. The highest BCUT2D eigenvalue weighted by atomic mass is 16.2. The number of fused-ring (bicyclic) bond motifs is 1. The van der Waals surface area contributed by atoms with E-state index in [1.54, 1.807) is 4.90 Å². The highest BCUT2D eigenvalue weighted by Gasteiger charge is 2.70. The van der Waals surface area contributed by atoms with Crippen molar-refractivity contribution in [3.8, 4) is 0 Å². The minimum atomic E-state index is -1.05. The van der Waals surface area contributed by atoms with Gasteiger partial charge >= 0.3 is 0 Å². The van der Waals surface area contributed by atoms with Gasteiger partial charge in [-0.1, -0.05) is 26.7 Å². The van der Waals surface area contributed by atoms with Gasteiger partial charge in [-0.25, -0.2) is 0 Å². The zero-order chi connectivity index (χ0) is 23.7. The molecular formula is C24H34N4O5. The van der Waals surface area contributed by atoms with Crippen LogP contribution in [0.25, 0.3) is 0 Å². The van der Waals surface area contributed by atoms with Crippen molar-refractivity contribution in [2.45, 2.75) is 76.9 Å². The molecule has 1 saturated heterocycles. The fourth-order valence-electron chi connectivity index (χ4n) is 5.77. The van der Waals surface area contributed by atoms with E-state index in [0.717, 1.165) is 38.5 Å². The quantitative estimate of drug-likeness (QED) is 0.399. The summed E-state index contributed by atoms with van der Waals surface area (Å²) in [5, 5.41) is 5.73. The number of rotatable bonds is 10. The third-order valence-corrected chi connectivity index (χ3v) is 8.51. The first-order chi connectivity index (χ1) is 15.6. The Balaban J connectivity index is 1.33. The number of Topliss-reactive ketones (excluding diaryl/α,β-unsaturated/α-hetero) is 1. The average Bonchev–Trinajstić information content (AvgIpc) is 3.58. The van der Waals surface area contributed by atoms with Gasteiger partial charge in [0.15, 0.2) is 0 Å². The van der Waals surface area contributed by atoms with Crippen LogP contribution in [0.1, 0.15) is 58.8 Å². The molecule has 180 valence electrons. The zero-order valence-electron chi connectivity index (χ0n) is 19.3. The Morgan fingerprint density at radius 2 is 1.64 bits per heavy atom. The molecule has 1 heterocycles. The van der Waals surface area contributed by atoms with Crippen molar-refractivity contribution in [1.29, 1.82) is 0 Å². The van der Waals surface area contributed by atoms with Crippen molar-refractivity contribution in [2.75, 3.05) is 6.54 Å². The lowest BCUT2D eigenvalue weighted by Crippen LogP contribution is -2.58. The topological polar surface area (TPSA) is 139 Å². The maximum atomic E-state index is 13.6. The Morgan fingerprint density at radius 3 is 2.18 bits per heavy atom. The van der Waals surface area contributed by atoms with E-state index in [1.807, 2.05) is 0 Å². The molecule has 5 rings (SSSR count). The van der Waals surface area contributed by atoms with Crippen LogP contribution in [0.3, 0.4) is 0 Å². The predicted octanol–water partition coefficient (Wildman–Crippen LogP) is 0.114. The number of carbonyl (C=O) groups is 5. The van der Waals surface area contributed by atoms with Crippen molar-refractivity contribution in [3.05, 3.63) is 0 Å². The van der Waals surface area contributed by atoms with Gasteiger partial charge in [0.2, 0.25) is 23.5 Å². The molecule has 0 aromatic heterocycles. The Labute approximate surface area is 193 Å². The van der Waals surface area contributed by atoms with Gasteiger partial charge in [-0.2, -0.15) is 0 Å². The standard InChI is InChI=1S/C24H34N4O5/c1-24(2)14-10-28(23(33)17(12-5-6-12)27-21(31)13-7-8-13)18(16(14)24)22(32)26-15(9-11-3-4-11)19(29)20(25)30/h11-18H,3-10H2,1-2H3,(H2,25,30)(H,26,32)(H,27,31)/t14-,15?,16-,17-,18-/m0/s1. The molecule has 0 aromatic rings. The summed E-state index contributed by atoms with van der Waals surface area (Å²) in [4.78, 5) is 65.0. The molecule has 1 aliphatic heterocycles. The minimum Gasteiger partial charge on any atom is -0.363 e. The van der Waals surface area contributed by atoms with Crippen molar-refractivity contribution < 1.29 is 24.0 Å². The Kier molecular flexibility index (Phi) is 5.29. The first-order valence-electron chi connectivity index (χ1n) is 12.3. The van der Waals surface area contributed by atoms with E-state index in [4.69, 9.17) is 5.73 Å².